The van der Waals surface area contributed by atoms with E-state index in [1.165, 1.54) is 32.1 Å². The topological polar surface area (TPSA) is 64.1 Å². The Morgan fingerprint density at radius 1 is 1.37 bits per heavy atom. The summed E-state index contributed by atoms with van der Waals surface area (Å²) < 4.78 is 4.87. The second kappa shape index (κ2) is 7.43. The lowest BCUT2D eigenvalue weighted by molar-refractivity contribution is -0.142. The molecule has 1 aromatic heterocycles. The summed E-state index contributed by atoms with van der Waals surface area (Å²) >= 11 is 1.62. The molecule has 106 valence electrons. The first kappa shape index (κ1) is 14.2. The predicted molar refractivity (Wildman–Crippen MR) is 75.5 cm³/mol. The van der Waals surface area contributed by atoms with Crippen LogP contribution in [-0.4, -0.2) is 29.3 Å². The van der Waals surface area contributed by atoms with Crippen LogP contribution in [0.2, 0.25) is 0 Å². The molecule has 0 amide bonds. The van der Waals surface area contributed by atoms with Crippen LogP contribution in [0.25, 0.3) is 0 Å². The van der Waals surface area contributed by atoms with E-state index in [1.807, 2.05) is 6.92 Å². The highest BCUT2D eigenvalue weighted by Crippen LogP contribution is 2.34. The van der Waals surface area contributed by atoms with Crippen LogP contribution in [0.4, 0.5) is 5.13 Å². The molecule has 1 aliphatic rings. The molecule has 1 aliphatic carbocycles. The molecular formula is C13H21N3O2S. The van der Waals surface area contributed by atoms with Crippen LogP contribution in [0.1, 0.15) is 56.4 Å². The van der Waals surface area contributed by atoms with E-state index in [-0.39, 0.29) is 5.97 Å². The number of ether oxygens (including phenoxy) is 1. The minimum absolute atomic E-state index is 0.174. The van der Waals surface area contributed by atoms with Gasteiger partial charge in [-0.3, -0.25) is 4.79 Å². The molecule has 1 N–H and O–H groups in total. The molecule has 19 heavy (non-hydrogen) atoms. The number of nitrogens with zero attached hydrogens (tertiary/aromatic N) is 2. The van der Waals surface area contributed by atoms with Gasteiger partial charge in [-0.05, 0) is 19.8 Å². The Balaban J connectivity index is 1.75. The number of anilines is 1. The van der Waals surface area contributed by atoms with Crippen LogP contribution in [0, 0.1) is 0 Å². The van der Waals surface area contributed by atoms with Gasteiger partial charge in [0.05, 0.1) is 13.0 Å². The van der Waals surface area contributed by atoms with Gasteiger partial charge in [0, 0.05) is 12.5 Å². The van der Waals surface area contributed by atoms with Crippen LogP contribution < -0.4 is 5.32 Å². The van der Waals surface area contributed by atoms with Crippen LogP contribution in [0.5, 0.6) is 0 Å². The van der Waals surface area contributed by atoms with E-state index < -0.39 is 0 Å². The zero-order valence-electron chi connectivity index (χ0n) is 11.4. The monoisotopic (exact) mass is 283 g/mol. The number of aromatic nitrogens is 2. The summed E-state index contributed by atoms with van der Waals surface area (Å²) in [5.41, 5.74) is 0. The van der Waals surface area contributed by atoms with E-state index in [0.29, 0.717) is 25.5 Å². The molecule has 0 saturated heterocycles. The van der Waals surface area contributed by atoms with Gasteiger partial charge in [0.25, 0.3) is 0 Å². The smallest absolute Gasteiger partial charge is 0.307 e. The van der Waals surface area contributed by atoms with Gasteiger partial charge >= 0.3 is 5.97 Å². The Hall–Kier alpha value is -1.17. The van der Waals surface area contributed by atoms with Crippen molar-refractivity contribution in [3.05, 3.63) is 5.01 Å². The molecule has 0 bridgehead atoms. The van der Waals surface area contributed by atoms with E-state index in [4.69, 9.17) is 4.74 Å². The van der Waals surface area contributed by atoms with Gasteiger partial charge in [-0.15, -0.1) is 10.2 Å². The molecule has 0 spiro atoms. The molecule has 0 atom stereocenters. The Bertz CT molecular complexity index is 402. The lowest BCUT2D eigenvalue weighted by atomic mass is 9.90. The molecule has 0 radical (unpaired) electrons. The minimum atomic E-state index is -0.174. The molecular weight excluding hydrogens is 262 g/mol. The zero-order chi connectivity index (χ0) is 13.5. The van der Waals surface area contributed by atoms with E-state index in [1.54, 1.807) is 11.3 Å². The Morgan fingerprint density at radius 2 is 2.16 bits per heavy atom. The number of rotatable bonds is 6. The highest BCUT2D eigenvalue weighted by atomic mass is 32.1. The summed E-state index contributed by atoms with van der Waals surface area (Å²) in [4.78, 5) is 11.2. The average Bonchev–Trinajstić information content (AvgIpc) is 2.89. The molecule has 1 fully saturated rings. The number of carbonyl (C=O) groups excluding carboxylic acids is 1. The van der Waals surface area contributed by atoms with Gasteiger partial charge in [0.2, 0.25) is 5.13 Å². The minimum Gasteiger partial charge on any atom is -0.466 e. The Morgan fingerprint density at radius 3 is 2.89 bits per heavy atom. The summed E-state index contributed by atoms with van der Waals surface area (Å²) in [7, 11) is 0. The third-order valence-electron chi connectivity index (χ3n) is 3.31. The number of carbonyl (C=O) groups is 1. The van der Waals surface area contributed by atoms with Gasteiger partial charge in [-0.2, -0.15) is 0 Å². The van der Waals surface area contributed by atoms with E-state index in [2.05, 4.69) is 15.5 Å². The first-order chi connectivity index (χ1) is 9.29. The molecule has 1 saturated carbocycles. The fraction of sp³-hybridized carbons (Fsp3) is 0.769. The number of esters is 1. The average molecular weight is 283 g/mol. The van der Waals surface area contributed by atoms with Crippen molar-refractivity contribution in [2.75, 3.05) is 18.5 Å². The van der Waals surface area contributed by atoms with E-state index >= 15 is 0 Å². The first-order valence-electron chi connectivity index (χ1n) is 7.02. The Labute approximate surface area is 117 Å². The molecule has 2 rings (SSSR count). The summed E-state index contributed by atoms with van der Waals surface area (Å²) in [6.07, 6.45) is 6.78. The molecule has 6 heteroatoms. The third-order valence-corrected chi connectivity index (χ3v) is 4.35. The van der Waals surface area contributed by atoms with Crippen molar-refractivity contribution in [2.24, 2.45) is 0 Å². The van der Waals surface area contributed by atoms with Crippen molar-refractivity contribution >= 4 is 22.4 Å². The maximum Gasteiger partial charge on any atom is 0.307 e. The number of hydrogen-bond donors (Lipinski definition) is 1. The SMILES string of the molecule is CCOC(=O)CCNc1nnc(C2CCCCC2)s1. The molecule has 1 heterocycles. The highest BCUT2D eigenvalue weighted by molar-refractivity contribution is 7.15. The van der Waals surface area contributed by atoms with Crippen LogP contribution >= 0.6 is 11.3 Å². The molecule has 0 aliphatic heterocycles. The third kappa shape index (κ3) is 4.45. The quantitative estimate of drug-likeness (QED) is 0.813. The van der Waals surface area contributed by atoms with Gasteiger partial charge < -0.3 is 10.1 Å². The molecule has 1 aromatic rings. The van der Waals surface area contributed by atoms with E-state index in [9.17, 15) is 4.79 Å². The van der Waals surface area contributed by atoms with Crippen LogP contribution in [0.15, 0.2) is 0 Å². The maximum absolute atomic E-state index is 11.2. The van der Waals surface area contributed by atoms with E-state index in [0.717, 1.165) is 10.1 Å². The summed E-state index contributed by atoms with van der Waals surface area (Å²) in [5, 5.41) is 13.5. The largest absolute Gasteiger partial charge is 0.466 e. The Kier molecular flexibility index (Phi) is 5.57. The predicted octanol–water partition coefficient (Wildman–Crippen LogP) is 2.95. The zero-order valence-corrected chi connectivity index (χ0v) is 12.2. The van der Waals surface area contributed by atoms with Crippen molar-refractivity contribution in [2.45, 2.75) is 51.4 Å². The first-order valence-corrected chi connectivity index (χ1v) is 7.84. The van der Waals surface area contributed by atoms with Gasteiger partial charge in [0.1, 0.15) is 5.01 Å². The van der Waals surface area contributed by atoms with Crippen molar-refractivity contribution in [3.63, 3.8) is 0 Å². The second-order valence-electron chi connectivity index (χ2n) is 4.76. The van der Waals surface area contributed by atoms with Crippen molar-refractivity contribution in [3.8, 4) is 0 Å². The standard InChI is InChI=1S/C13H21N3O2S/c1-2-18-11(17)8-9-14-13-16-15-12(19-13)10-6-4-3-5-7-10/h10H,2-9H2,1H3,(H,14,16). The van der Waals surface area contributed by atoms with Crippen molar-refractivity contribution in [1.82, 2.24) is 10.2 Å². The highest BCUT2D eigenvalue weighted by Gasteiger charge is 2.19. The molecule has 0 unspecified atom stereocenters. The van der Waals surface area contributed by atoms with Crippen molar-refractivity contribution in [1.29, 1.82) is 0 Å². The van der Waals surface area contributed by atoms with Crippen LogP contribution in [-0.2, 0) is 9.53 Å². The maximum atomic E-state index is 11.2. The van der Waals surface area contributed by atoms with Crippen molar-refractivity contribution < 1.29 is 9.53 Å². The number of nitrogens with one attached hydrogen (secondary N) is 1. The normalized spacial score (nSPS) is 16.3. The fourth-order valence-corrected chi connectivity index (χ4v) is 3.26. The second-order valence-corrected chi connectivity index (χ2v) is 5.77. The fourth-order valence-electron chi connectivity index (χ4n) is 2.33. The van der Waals surface area contributed by atoms with Gasteiger partial charge in [-0.25, -0.2) is 0 Å². The summed E-state index contributed by atoms with van der Waals surface area (Å²) in [6.45, 7) is 2.80. The number of hydrogen-bond acceptors (Lipinski definition) is 6. The lowest BCUT2D eigenvalue weighted by Crippen LogP contribution is -2.11. The van der Waals surface area contributed by atoms with Gasteiger partial charge in [-0.1, -0.05) is 30.6 Å². The molecule has 5 nitrogen and oxygen atoms in total. The summed E-state index contributed by atoms with van der Waals surface area (Å²) in [5.74, 6) is 0.416. The summed E-state index contributed by atoms with van der Waals surface area (Å²) in [6, 6.07) is 0. The van der Waals surface area contributed by atoms with Crippen LogP contribution in [0.3, 0.4) is 0 Å². The molecule has 0 aromatic carbocycles. The lowest BCUT2D eigenvalue weighted by Gasteiger charge is -2.18. The van der Waals surface area contributed by atoms with Gasteiger partial charge in [0.15, 0.2) is 0 Å².